The van der Waals surface area contributed by atoms with E-state index < -0.39 is 0 Å². The van der Waals surface area contributed by atoms with Crippen molar-refractivity contribution in [2.75, 3.05) is 4.90 Å². The van der Waals surface area contributed by atoms with Crippen molar-refractivity contribution in [2.24, 2.45) is 0 Å². The van der Waals surface area contributed by atoms with E-state index in [1.165, 1.54) is 53.2 Å². The molecule has 10 rings (SSSR count). The minimum atomic E-state index is 0.880. The summed E-state index contributed by atoms with van der Waals surface area (Å²) in [6, 6.07) is 63.2. The van der Waals surface area contributed by atoms with E-state index >= 15 is 0 Å². The molecule has 0 radical (unpaired) electrons. The number of rotatable bonds is 5. The molecule has 0 N–H and O–H groups in total. The second-order valence-electron chi connectivity index (χ2n) is 12.5. The quantitative estimate of drug-likeness (QED) is 0.186. The maximum absolute atomic E-state index is 6.43. The highest BCUT2D eigenvalue weighted by atomic mass is 32.1. The lowest BCUT2D eigenvalue weighted by atomic mass is 9.98. The monoisotopic (exact) mass is 643 g/mol. The molecular weight excluding hydrogens is 615 g/mol. The summed E-state index contributed by atoms with van der Waals surface area (Å²) in [5.41, 5.74) is 9.99. The average Bonchev–Trinajstić information content (AvgIpc) is 3.74. The van der Waals surface area contributed by atoms with E-state index in [1.54, 1.807) is 0 Å². The summed E-state index contributed by atoms with van der Waals surface area (Å²) in [7, 11) is 0. The Balaban J connectivity index is 1.22. The molecule has 0 spiro atoms. The lowest BCUT2D eigenvalue weighted by molar-refractivity contribution is 0.669. The van der Waals surface area contributed by atoms with Crippen molar-refractivity contribution in [1.82, 2.24) is 0 Å². The third-order valence-electron chi connectivity index (χ3n) is 9.64. The fraction of sp³-hybridized carbons (Fsp3) is 0. The van der Waals surface area contributed by atoms with Crippen molar-refractivity contribution in [1.29, 1.82) is 0 Å². The number of nitrogens with zero attached hydrogens (tertiary/aromatic N) is 1. The molecule has 0 aliphatic heterocycles. The van der Waals surface area contributed by atoms with Gasteiger partial charge < -0.3 is 9.32 Å². The summed E-state index contributed by atoms with van der Waals surface area (Å²) in [5.74, 6) is 0. The van der Waals surface area contributed by atoms with Gasteiger partial charge in [-0.25, -0.2) is 0 Å². The van der Waals surface area contributed by atoms with E-state index in [0.29, 0.717) is 0 Å². The third-order valence-corrected chi connectivity index (χ3v) is 10.8. The molecular formula is C46H29NOS. The largest absolute Gasteiger partial charge is 0.456 e. The van der Waals surface area contributed by atoms with Crippen molar-refractivity contribution < 1.29 is 4.42 Å². The summed E-state index contributed by atoms with van der Waals surface area (Å²) in [4.78, 5) is 2.41. The lowest BCUT2D eigenvalue weighted by Crippen LogP contribution is -2.10. The molecule has 2 nitrogen and oxygen atoms in total. The minimum Gasteiger partial charge on any atom is -0.456 e. The maximum atomic E-state index is 6.43. The van der Waals surface area contributed by atoms with Gasteiger partial charge in [-0.1, -0.05) is 121 Å². The number of benzene rings is 8. The summed E-state index contributed by atoms with van der Waals surface area (Å²) in [6.07, 6.45) is 0. The molecule has 2 aromatic heterocycles. The molecule has 2 heterocycles. The van der Waals surface area contributed by atoms with Crippen molar-refractivity contribution in [3.05, 3.63) is 176 Å². The normalized spacial score (nSPS) is 11.7. The number of fused-ring (bicyclic) bond motifs is 7. The average molecular weight is 644 g/mol. The van der Waals surface area contributed by atoms with Crippen LogP contribution >= 0.6 is 11.3 Å². The summed E-state index contributed by atoms with van der Waals surface area (Å²) in [5, 5.41) is 7.23. The van der Waals surface area contributed by atoms with Gasteiger partial charge in [-0.3, -0.25) is 0 Å². The second kappa shape index (κ2) is 11.2. The van der Waals surface area contributed by atoms with Crippen LogP contribution in [0.15, 0.2) is 180 Å². The first kappa shape index (κ1) is 27.9. The Morgan fingerprint density at radius 3 is 1.94 bits per heavy atom. The predicted molar refractivity (Wildman–Crippen MR) is 210 cm³/mol. The van der Waals surface area contributed by atoms with Crippen LogP contribution in [0.1, 0.15) is 0 Å². The Morgan fingerprint density at radius 2 is 1.08 bits per heavy atom. The first-order valence-electron chi connectivity index (χ1n) is 16.6. The van der Waals surface area contributed by atoms with E-state index in [1.807, 2.05) is 23.5 Å². The van der Waals surface area contributed by atoms with Gasteiger partial charge in [0, 0.05) is 43.7 Å². The van der Waals surface area contributed by atoms with Crippen LogP contribution in [0.2, 0.25) is 0 Å². The van der Waals surface area contributed by atoms with Gasteiger partial charge in [0.1, 0.15) is 11.2 Å². The molecule has 8 aromatic carbocycles. The van der Waals surface area contributed by atoms with E-state index in [9.17, 15) is 0 Å². The Labute approximate surface area is 287 Å². The molecule has 10 aromatic rings. The van der Waals surface area contributed by atoms with Crippen LogP contribution in [0.25, 0.3) is 75.1 Å². The molecule has 0 saturated carbocycles. The fourth-order valence-electron chi connectivity index (χ4n) is 7.31. The number of furan rings is 1. The van der Waals surface area contributed by atoms with E-state index in [-0.39, 0.29) is 0 Å². The maximum Gasteiger partial charge on any atom is 0.137 e. The van der Waals surface area contributed by atoms with Crippen molar-refractivity contribution in [3.63, 3.8) is 0 Å². The highest BCUT2D eigenvalue weighted by molar-refractivity contribution is 7.26. The second-order valence-corrected chi connectivity index (χ2v) is 13.6. The van der Waals surface area contributed by atoms with Crippen molar-refractivity contribution in [2.45, 2.75) is 0 Å². The lowest BCUT2D eigenvalue weighted by Gasteiger charge is -2.27. The fourth-order valence-corrected chi connectivity index (χ4v) is 8.54. The van der Waals surface area contributed by atoms with E-state index in [2.05, 4.69) is 169 Å². The van der Waals surface area contributed by atoms with Crippen LogP contribution in [0.5, 0.6) is 0 Å². The van der Waals surface area contributed by atoms with Crippen LogP contribution < -0.4 is 4.90 Å². The zero-order valence-electron chi connectivity index (χ0n) is 26.5. The molecule has 0 bridgehead atoms. The van der Waals surface area contributed by atoms with Gasteiger partial charge in [-0.2, -0.15) is 0 Å². The number of thiophene rings is 1. The smallest absolute Gasteiger partial charge is 0.137 e. The zero-order valence-corrected chi connectivity index (χ0v) is 27.3. The third kappa shape index (κ3) is 4.62. The molecule has 0 atom stereocenters. The van der Waals surface area contributed by atoms with Gasteiger partial charge in [-0.05, 0) is 81.6 Å². The van der Waals surface area contributed by atoms with Gasteiger partial charge in [0.2, 0.25) is 0 Å². The van der Waals surface area contributed by atoms with Gasteiger partial charge in [0.15, 0.2) is 0 Å². The summed E-state index contributed by atoms with van der Waals surface area (Å²) < 4.78 is 8.96. The Bertz CT molecular complexity index is 2830. The molecule has 0 saturated heterocycles. The minimum absolute atomic E-state index is 0.880. The van der Waals surface area contributed by atoms with Crippen LogP contribution in [-0.2, 0) is 0 Å². The summed E-state index contributed by atoms with van der Waals surface area (Å²) >= 11 is 1.86. The van der Waals surface area contributed by atoms with Gasteiger partial charge >= 0.3 is 0 Å². The predicted octanol–water partition coefficient (Wildman–Crippen LogP) is 13.9. The number of para-hydroxylation sites is 1. The Morgan fingerprint density at radius 1 is 0.429 bits per heavy atom. The topological polar surface area (TPSA) is 16.4 Å². The number of hydrogen-bond donors (Lipinski definition) is 0. The first-order chi connectivity index (χ1) is 24.3. The Kier molecular flexibility index (Phi) is 6.39. The molecule has 230 valence electrons. The van der Waals surface area contributed by atoms with E-state index in [0.717, 1.165) is 39.0 Å². The van der Waals surface area contributed by atoms with Crippen LogP contribution in [0.3, 0.4) is 0 Å². The van der Waals surface area contributed by atoms with Crippen molar-refractivity contribution in [3.8, 4) is 22.3 Å². The molecule has 0 amide bonds. The van der Waals surface area contributed by atoms with Gasteiger partial charge in [-0.15, -0.1) is 11.3 Å². The molecule has 3 heteroatoms. The first-order valence-corrected chi connectivity index (χ1v) is 17.4. The van der Waals surface area contributed by atoms with Crippen LogP contribution in [-0.4, -0.2) is 0 Å². The van der Waals surface area contributed by atoms with Crippen LogP contribution in [0.4, 0.5) is 17.1 Å². The number of hydrogen-bond acceptors (Lipinski definition) is 3. The molecule has 0 fully saturated rings. The van der Waals surface area contributed by atoms with Crippen LogP contribution in [0, 0.1) is 0 Å². The molecule has 0 aliphatic rings. The highest BCUT2D eigenvalue weighted by Gasteiger charge is 2.22. The standard InChI is InChI=1S/C46H29NOS/c1-3-11-30(12-4-1)32-19-20-34-28-35(22-21-33(34)27-32)47(36-23-24-39-38-15-7-9-17-42(38)48-43(39)29-36)41-26-25-37(31-13-5-2-6-14-31)45-40-16-8-10-18-44(40)49-46(41)45/h1-29H. The molecule has 49 heavy (non-hydrogen) atoms. The number of anilines is 3. The van der Waals surface area contributed by atoms with Gasteiger partial charge in [0.05, 0.1) is 10.4 Å². The van der Waals surface area contributed by atoms with Gasteiger partial charge in [0.25, 0.3) is 0 Å². The SMILES string of the molecule is c1ccc(-c2ccc3cc(N(c4ccc5c(c4)oc4ccccc45)c4ccc(-c5ccccc5)c5c4sc4ccccc45)ccc3c2)cc1. The summed E-state index contributed by atoms with van der Waals surface area (Å²) in [6.45, 7) is 0. The zero-order chi connectivity index (χ0) is 32.3. The molecule has 0 unspecified atom stereocenters. The highest BCUT2D eigenvalue weighted by Crippen LogP contribution is 2.49. The Hall–Kier alpha value is -6.16. The van der Waals surface area contributed by atoms with E-state index in [4.69, 9.17) is 4.42 Å². The molecule has 0 aliphatic carbocycles. The van der Waals surface area contributed by atoms with Crippen molar-refractivity contribution >= 4 is 81.3 Å².